The molecule has 0 spiro atoms. The predicted octanol–water partition coefficient (Wildman–Crippen LogP) is 6.00. The fraction of sp³-hybridized carbons (Fsp3) is 0.160. The highest BCUT2D eigenvalue weighted by atomic mass is 16.5. The first-order valence-corrected chi connectivity index (χ1v) is 9.72. The number of carbonyl (C=O) groups is 1. The Kier molecular flexibility index (Phi) is 5.61. The van der Waals surface area contributed by atoms with E-state index in [0.717, 1.165) is 6.42 Å². The topological polar surface area (TPSA) is 47.6 Å². The maximum absolute atomic E-state index is 12.4. The minimum absolute atomic E-state index is 0.0433. The number of benzene rings is 3. The third-order valence-corrected chi connectivity index (χ3v) is 5.01. The number of rotatable bonds is 7. The van der Waals surface area contributed by atoms with E-state index in [-0.39, 0.29) is 12.5 Å². The Bertz CT molecular complexity index is 982. The van der Waals surface area contributed by atoms with Crippen molar-refractivity contribution in [3.8, 4) is 16.9 Å². The van der Waals surface area contributed by atoms with Gasteiger partial charge in [-0.3, -0.25) is 5.32 Å². The quantitative estimate of drug-likeness (QED) is 0.401. The van der Waals surface area contributed by atoms with Crippen LogP contribution in [0.1, 0.15) is 23.5 Å². The summed E-state index contributed by atoms with van der Waals surface area (Å²) >= 11 is 0. The molecule has 0 unspecified atom stereocenters. The minimum atomic E-state index is -0.477. The maximum Gasteiger partial charge on any atom is 0.411 e. The highest BCUT2D eigenvalue weighted by molar-refractivity contribution is 5.85. The molecule has 4 nitrogen and oxygen atoms in total. The van der Waals surface area contributed by atoms with Crippen LogP contribution in [0.2, 0.25) is 0 Å². The number of carbonyl (C=O) groups excluding carboxylic acids is 1. The van der Waals surface area contributed by atoms with Crippen molar-refractivity contribution in [2.24, 2.45) is 0 Å². The van der Waals surface area contributed by atoms with Crippen LogP contribution in [-0.4, -0.2) is 19.3 Å². The van der Waals surface area contributed by atoms with Gasteiger partial charge in [-0.05, 0) is 40.8 Å². The van der Waals surface area contributed by atoms with Crippen molar-refractivity contribution < 1.29 is 14.3 Å². The third kappa shape index (κ3) is 4.16. The van der Waals surface area contributed by atoms with Gasteiger partial charge in [-0.1, -0.05) is 60.7 Å². The maximum atomic E-state index is 12.4. The molecule has 146 valence electrons. The number of fused-ring (bicyclic) bond motifs is 3. The standard InChI is InChI=1S/C25H23NO3/c1-2-3-15-28-19-10-8-9-18(16-19)26-25(27)29-17-24-22-13-6-4-11-20(22)21-12-5-7-14-23(21)24/h2,4-14,16,24H,1,3,15,17H2,(H,26,27). The van der Waals surface area contributed by atoms with Crippen molar-refractivity contribution in [2.75, 3.05) is 18.5 Å². The van der Waals surface area contributed by atoms with Crippen molar-refractivity contribution in [1.29, 1.82) is 0 Å². The summed E-state index contributed by atoms with van der Waals surface area (Å²) < 4.78 is 11.2. The van der Waals surface area contributed by atoms with Gasteiger partial charge in [0.05, 0.1) is 6.61 Å². The molecule has 0 saturated carbocycles. The summed E-state index contributed by atoms with van der Waals surface area (Å²) in [7, 11) is 0. The second-order valence-corrected chi connectivity index (χ2v) is 6.90. The summed E-state index contributed by atoms with van der Waals surface area (Å²) in [5.74, 6) is 0.741. The van der Waals surface area contributed by atoms with Crippen LogP contribution < -0.4 is 10.1 Å². The molecule has 1 amide bonds. The zero-order chi connectivity index (χ0) is 20.1. The van der Waals surface area contributed by atoms with Crippen LogP contribution in [0, 0.1) is 0 Å². The predicted molar refractivity (Wildman–Crippen MR) is 115 cm³/mol. The Morgan fingerprint density at radius 3 is 2.34 bits per heavy atom. The van der Waals surface area contributed by atoms with E-state index < -0.39 is 6.09 Å². The van der Waals surface area contributed by atoms with Crippen molar-refractivity contribution in [3.05, 3.63) is 96.6 Å². The van der Waals surface area contributed by atoms with E-state index in [4.69, 9.17) is 9.47 Å². The van der Waals surface area contributed by atoms with Crippen LogP contribution in [0.4, 0.5) is 10.5 Å². The van der Waals surface area contributed by atoms with Gasteiger partial charge < -0.3 is 9.47 Å². The highest BCUT2D eigenvalue weighted by Crippen LogP contribution is 2.44. The van der Waals surface area contributed by atoms with E-state index in [9.17, 15) is 4.79 Å². The molecule has 0 radical (unpaired) electrons. The lowest BCUT2D eigenvalue weighted by Crippen LogP contribution is -2.17. The zero-order valence-electron chi connectivity index (χ0n) is 16.1. The van der Waals surface area contributed by atoms with Gasteiger partial charge >= 0.3 is 6.09 Å². The second-order valence-electron chi connectivity index (χ2n) is 6.90. The molecule has 29 heavy (non-hydrogen) atoms. The first-order chi connectivity index (χ1) is 14.3. The molecule has 0 aliphatic heterocycles. The summed E-state index contributed by atoms with van der Waals surface area (Å²) in [6.07, 6.45) is 2.10. The molecule has 3 aromatic rings. The number of ether oxygens (including phenoxy) is 2. The molecule has 1 N–H and O–H groups in total. The summed E-state index contributed by atoms with van der Waals surface area (Å²) in [5.41, 5.74) is 5.44. The lowest BCUT2D eigenvalue weighted by Gasteiger charge is -2.15. The lowest BCUT2D eigenvalue weighted by molar-refractivity contribution is 0.158. The Balaban J connectivity index is 1.40. The van der Waals surface area contributed by atoms with E-state index in [2.05, 4.69) is 36.2 Å². The Labute approximate surface area is 170 Å². The van der Waals surface area contributed by atoms with E-state index in [1.54, 1.807) is 12.1 Å². The smallest absolute Gasteiger partial charge is 0.411 e. The van der Waals surface area contributed by atoms with Crippen LogP contribution in [0.15, 0.2) is 85.5 Å². The molecular weight excluding hydrogens is 362 g/mol. The van der Waals surface area contributed by atoms with Gasteiger partial charge in [0.2, 0.25) is 0 Å². The zero-order valence-corrected chi connectivity index (χ0v) is 16.1. The monoisotopic (exact) mass is 385 g/mol. The number of nitrogens with one attached hydrogen (secondary N) is 1. The summed E-state index contributed by atoms with van der Waals surface area (Å²) in [6.45, 7) is 4.52. The highest BCUT2D eigenvalue weighted by Gasteiger charge is 2.28. The first-order valence-electron chi connectivity index (χ1n) is 9.72. The van der Waals surface area contributed by atoms with Crippen LogP contribution in [0.3, 0.4) is 0 Å². The van der Waals surface area contributed by atoms with Crippen LogP contribution in [0.25, 0.3) is 11.1 Å². The molecule has 1 aliphatic carbocycles. The fourth-order valence-corrected chi connectivity index (χ4v) is 3.68. The summed E-state index contributed by atoms with van der Waals surface area (Å²) in [5, 5.41) is 2.78. The van der Waals surface area contributed by atoms with Crippen LogP contribution >= 0.6 is 0 Å². The molecule has 1 aliphatic rings. The van der Waals surface area contributed by atoms with Gasteiger partial charge in [-0.15, -0.1) is 6.58 Å². The van der Waals surface area contributed by atoms with E-state index in [1.807, 2.05) is 42.5 Å². The average molecular weight is 385 g/mol. The van der Waals surface area contributed by atoms with Gasteiger partial charge in [0.15, 0.2) is 0 Å². The number of anilines is 1. The Morgan fingerprint density at radius 2 is 1.66 bits per heavy atom. The molecule has 4 heteroatoms. The molecule has 0 fully saturated rings. The van der Waals surface area contributed by atoms with Crippen LogP contribution in [-0.2, 0) is 4.74 Å². The van der Waals surface area contributed by atoms with Gasteiger partial charge in [-0.25, -0.2) is 4.79 Å². The van der Waals surface area contributed by atoms with Gasteiger partial charge in [0.25, 0.3) is 0 Å². The van der Waals surface area contributed by atoms with Crippen molar-refractivity contribution in [3.63, 3.8) is 0 Å². The third-order valence-electron chi connectivity index (χ3n) is 5.01. The fourth-order valence-electron chi connectivity index (χ4n) is 3.68. The lowest BCUT2D eigenvalue weighted by atomic mass is 9.98. The molecule has 0 heterocycles. The molecular formula is C25H23NO3. The van der Waals surface area contributed by atoms with Gasteiger partial charge in [-0.2, -0.15) is 0 Å². The van der Waals surface area contributed by atoms with Crippen molar-refractivity contribution >= 4 is 11.8 Å². The van der Waals surface area contributed by atoms with Crippen molar-refractivity contribution in [1.82, 2.24) is 0 Å². The van der Waals surface area contributed by atoms with Crippen LogP contribution in [0.5, 0.6) is 5.75 Å². The van der Waals surface area contributed by atoms with Gasteiger partial charge in [0.1, 0.15) is 12.4 Å². The SMILES string of the molecule is C=CCCOc1cccc(NC(=O)OCC2c3ccccc3-c3ccccc32)c1. The number of amides is 1. The average Bonchev–Trinajstić information content (AvgIpc) is 3.07. The number of hydrogen-bond donors (Lipinski definition) is 1. The summed E-state index contributed by atoms with van der Waals surface area (Å²) in [6, 6.07) is 23.8. The molecule has 0 saturated heterocycles. The van der Waals surface area contributed by atoms with E-state index in [1.165, 1.54) is 22.3 Å². The van der Waals surface area contributed by atoms with Crippen molar-refractivity contribution in [2.45, 2.75) is 12.3 Å². The minimum Gasteiger partial charge on any atom is -0.493 e. The van der Waals surface area contributed by atoms with E-state index in [0.29, 0.717) is 18.0 Å². The van der Waals surface area contributed by atoms with E-state index >= 15 is 0 Å². The second kappa shape index (κ2) is 8.65. The molecule has 4 rings (SSSR count). The molecule has 3 aromatic carbocycles. The molecule has 0 atom stereocenters. The molecule has 0 bridgehead atoms. The largest absolute Gasteiger partial charge is 0.493 e. The Hall–Kier alpha value is -3.53. The molecule has 0 aromatic heterocycles. The number of hydrogen-bond acceptors (Lipinski definition) is 3. The summed E-state index contributed by atoms with van der Waals surface area (Å²) in [4.78, 5) is 12.4. The van der Waals surface area contributed by atoms with Gasteiger partial charge in [0, 0.05) is 17.7 Å². The normalized spacial score (nSPS) is 12.0. The Morgan fingerprint density at radius 1 is 0.966 bits per heavy atom. The first kappa shape index (κ1) is 18.8.